The number of likely N-dealkylation sites (tertiary alicyclic amines) is 1. The molecule has 2 atom stereocenters. The fourth-order valence-corrected chi connectivity index (χ4v) is 4.59. The first kappa shape index (κ1) is 13.4. The summed E-state index contributed by atoms with van der Waals surface area (Å²) in [4.78, 5) is 2.73. The molecule has 1 aliphatic carbocycles. The van der Waals surface area contributed by atoms with Crippen LogP contribution < -0.4 is 5.73 Å². The summed E-state index contributed by atoms with van der Waals surface area (Å²) in [6.07, 6.45) is 8.12. The summed E-state index contributed by atoms with van der Waals surface area (Å²) in [5.74, 6) is 0.823. The van der Waals surface area contributed by atoms with Gasteiger partial charge in [0.05, 0.1) is 0 Å². The number of nitrogens with two attached hydrogens (primary N) is 1. The Labute approximate surface area is 107 Å². The number of rotatable bonds is 2. The first-order valence-corrected chi connectivity index (χ1v) is 7.43. The molecule has 2 N–H and O–H groups in total. The average molecular weight is 238 g/mol. The summed E-state index contributed by atoms with van der Waals surface area (Å²) >= 11 is 0. The van der Waals surface area contributed by atoms with Crippen molar-refractivity contribution in [3.05, 3.63) is 0 Å². The Morgan fingerprint density at radius 1 is 1.12 bits per heavy atom. The van der Waals surface area contributed by atoms with Crippen LogP contribution in [0.2, 0.25) is 0 Å². The summed E-state index contributed by atoms with van der Waals surface area (Å²) in [6.45, 7) is 10.7. The van der Waals surface area contributed by atoms with E-state index >= 15 is 0 Å². The Kier molecular flexibility index (Phi) is 3.84. The predicted octanol–water partition coefficient (Wildman–Crippen LogP) is 3.02. The first-order valence-electron chi connectivity index (χ1n) is 7.43. The van der Waals surface area contributed by atoms with Crippen molar-refractivity contribution < 1.29 is 0 Å². The predicted molar refractivity (Wildman–Crippen MR) is 74.0 cm³/mol. The second kappa shape index (κ2) is 4.89. The highest BCUT2D eigenvalue weighted by molar-refractivity contribution is 5.01. The van der Waals surface area contributed by atoms with Crippen molar-refractivity contribution in [2.45, 2.75) is 64.8 Å². The number of hydrogen-bond donors (Lipinski definition) is 1. The normalized spacial score (nSPS) is 39.2. The Morgan fingerprint density at radius 2 is 1.76 bits per heavy atom. The molecule has 2 rings (SSSR count). The molecule has 1 saturated carbocycles. The van der Waals surface area contributed by atoms with E-state index in [1.54, 1.807) is 0 Å². The second-order valence-corrected chi connectivity index (χ2v) is 7.33. The molecule has 0 aromatic carbocycles. The molecule has 0 amide bonds. The van der Waals surface area contributed by atoms with Gasteiger partial charge in [0.15, 0.2) is 0 Å². The van der Waals surface area contributed by atoms with E-state index in [2.05, 4.69) is 25.7 Å². The molecular formula is C15H30N2. The third kappa shape index (κ3) is 2.85. The molecule has 0 bridgehead atoms. The van der Waals surface area contributed by atoms with Crippen molar-refractivity contribution >= 4 is 0 Å². The van der Waals surface area contributed by atoms with Gasteiger partial charge >= 0.3 is 0 Å². The molecule has 0 aromatic heterocycles. The Bertz CT molecular complexity index is 256. The molecule has 1 aliphatic heterocycles. The van der Waals surface area contributed by atoms with Crippen LogP contribution in [0, 0.1) is 11.3 Å². The zero-order valence-electron chi connectivity index (χ0n) is 12.0. The van der Waals surface area contributed by atoms with E-state index in [1.165, 1.54) is 51.6 Å². The molecule has 100 valence electrons. The average Bonchev–Trinajstić information content (AvgIpc) is 2.27. The van der Waals surface area contributed by atoms with Crippen molar-refractivity contribution in [3.63, 3.8) is 0 Å². The maximum atomic E-state index is 6.21. The lowest BCUT2D eigenvalue weighted by Gasteiger charge is -2.54. The van der Waals surface area contributed by atoms with Crippen molar-refractivity contribution in [3.8, 4) is 0 Å². The van der Waals surface area contributed by atoms with E-state index in [1.807, 2.05) is 0 Å². The zero-order chi connectivity index (χ0) is 12.5. The van der Waals surface area contributed by atoms with Gasteiger partial charge in [-0.2, -0.15) is 0 Å². The molecular weight excluding hydrogens is 208 g/mol. The van der Waals surface area contributed by atoms with Gasteiger partial charge in [-0.1, -0.05) is 27.2 Å². The number of hydrogen-bond acceptors (Lipinski definition) is 2. The minimum atomic E-state index is 0.307. The third-order valence-electron chi connectivity index (χ3n) is 4.84. The van der Waals surface area contributed by atoms with Crippen LogP contribution in [-0.4, -0.2) is 30.1 Å². The lowest BCUT2D eigenvalue weighted by molar-refractivity contribution is -0.0212. The lowest BCUT2D eigenvalue weighted by atomic mass is 9.63. The molecule has 0 aromatic rings. The Hall–Kier alpha value is -0.0800. The number of nitrogens with zero attached hydrogens (tertiary/aromatic N) is 1. The first-order chi connectivity index (χ1) is 7.97. The molecule has 2 aliphatic rings. The van der Waals surface area contributed by atoms with Crippen LogP contribution in [-0.2, 0) is 0 Å². The van der Waals surface area contributed by atoms with E-state index in [0.717, 1.165) is 12.5 Å². The number of piperidine rings is 1. The van der Waals surface area contributed by atoms with Crippen molar-refractivity contribution in [1.82, 2.24) is 4.90 Å². The highest BCUT2D eigenvalue weighted by Gasteiger charge is 2.45. The van der Waals surface area contributed by atoms with E-state index in [9.17, 15) is 0 Å². The smallest absolute Gasteiger partial charge is 0.0339 e. The maximum Gasteiger partial charge on any atom is 0.0339 e. The van der Waals surface area contributed by atoms with Gasteiger partial charge in [-0.25, -0.2) is 0 Å². The lowest BCUT2D eigenvalue weighted by Crippen LogP contribution is -2.60. The highest BCUT2D eigenvalue weighted by Crippen LogP contribution is 2.46. The summed E-state index contributed by atoms with van der Waals surface area (Å²) in [5.41, 5.74) is 6.98. The summed E-state index contributed by atoms with van der Waals surface area (Å²) < 4.78 is 0. The van der Waals surface area contributed by atoms with Gasteiger partial charge in [0.2, 0.25) is 0 Å². The van der Waals surface area contributed by atoms with Gasteiger partial charge in [0.25, 0.3) is 0 Å². The molecule has 0 radical (unpaired) electrons. The topological polar surface area (TPSA) is 29.3 Å². The fourth-order valence-electron chi connectivity index (χ4n) is 4.59. The maximum absolute atomic E-state index is 6.21. The molecule has 1 heterocycles. The third-order valence-corrected chi connectivity index (χ3v) is 4.84. The zero-order valence-corrected chi connectivity index (χ0v) is 12.0. The standard InChI is InChI=1S/C15H30N2/c1-13-9-14(2,3)11-15(10-13,12-16)17-7-5-4-6-8-17/h13H,4-12,16H2,1-3H3. The molecule has 2 heteroatoms. The minimum absolute atomic E-state index is 0.307. The van der Waals surface area contributed by atoms with Crippen LogP contribution in [0.1, 0.15) is 59.3 Å². The summed E-state index contributed by atoms with van der Waals surface area (Å²) in [7, 11) is 0. The Balaban J connectivity index is 2.16. The van der Waals surface area contributed by atoms with Gasteiger partial charge in [-0.05, 0) is 56.5 Å². The van der Waals surface area contributed by atoms with E-state index in [4.69, 9.17) is 5.73 Å². The quantitative estimate of drug-likeness (QED) is 0.801. The van der Waals surface area contributed by atoms with Crippen LogP contribution in [0.15, 0.2) is 0 Å². The minimum Gasteiger partial charge on any atom is -0.329 e. The van der Waals surface area contributed by atoms with Crippen LogP contribution in [0.25, 0.3) is 0 Å². The molecule has 1 saturated heterocycles. The van der Waals surface area contributed by atoms with E-state index < -0.39 is 0 Å². The largest absolute Gasteiger partial charge is 0.329 e. The highest BCUT2D eigenvalue weighted by atomic mass is 15.2. The molecule has 2 fully saturated rings. The van der Waals surface area contributed by atoms with Crippen LogP contribution >= 0.6 is 0 Å². The monoisotopic (exact) mass is 238 g/mol. The SMILES string of the molecule is CC1CC(C)(C)CC(CN)(N2CCCCC2)C1. The van der Waals surface area contributed by atoms with E-state index in [-0.39, 0.29) is 0 Å². The van der Waals surface area contributed by atoms with Crippen LogP contribution in [0.5, 0.6) is 0 Å². The molecule has 2 nitrogen and oxygen atoms in total. The summed E-state index contributed by atoms with van der Waals surface area (Å²) in [6, 6.07) is 0. The molecule has 0 spiro atoms. The molecule has 17 heavy (non-hydrogen) atoms. The molecule has 2 unspecified atom stereocenters. The van der Waals surface area contributed by atoms with Crippen LogP contribution in [0.3, 0.4) is 0 Å². The van der Waals surface area contributed by atoms with Crippen LogP contribution in [0.4, 0.5) is 0 Å². The Morgan fingerprint density at radius 3 is 2.29 bits per heavy atom. The van der Waals surface area contributed by atoms with E-state index in [0.29, 0.717) is 11.0 Å². The van der Waals surface area contributed by atoms with Crippen molar-refractivity contribution in [1.29, 1.82) is 0 Å². The van der Waals surface area contributed by atoms with Crippen molar-refractivity contribution in [2.24, 2.45) is 17.1 Å². The van der Waals surface area contributed by atoms with Gasteiger partial charge in [0, 0.05) is 12.1 Å². The van der Waals surface area contributed by atoms with Gasteiger partial charge in [-0.3, -0.25) is 4.90 Å². The van der Waals surface area contributed by atoms with Gasteiger partial charge in [0.1, 0.15) is 0 Å². The summed E-state index contributed by atoms with van der Waals surface area (Å²) in [5, 5.41) is 0. The van der Waals surface area contributed by atoms with Crippen molar-refractivity contribution in [2.75, 3.05) is 19.6 Å². The van der Waals surface area contributed by atoms with Gasteiger partial charge < -0.3 is 5.73 Å². The van der Waals surface area contributed by atoms with Gasteiger partial charge in [-0.15, -0.1) is 0 Å². The second-order valence-electron chi connectivity index (χ2n) is 7.33. The fraction of sp³-hybridized carbons (Fsp3) is 1.00.